The molecule has 0 radical (unpaired) electrons. The number of nitrogens with one attached hydrogen (secondary N) is 1. The Morgan fingerprint density at radius 1 is 1.25 bits per heavy atom. The molecule has 0 aliphatic heterocycles. The molecule has 0 saturated heterocycles. The van der Waals surface area contributed by atoms with Crippen LogP contribution in [0, 0.1) is 20.8 Å². The third-order valence-corrected chi connectivity index (χ3v) is 3.78. The molecule has 1 amide bonds. The van der Waals surface area contributed by atoms with Crippen LogP contribution in [0.1, 0.15) is 34.0 Å². The first-order valence-electron chi connectivity index (χ1n) is 6.55. The van der Waals surface area contributed by atoms with E-state index in [2.05, 4.69) is 20.3 Å². The molecule has 2 aromatic heterocycles. The highest BCUT2D eigenvalue weighted by Crippen LogP contribution is 2.17. The molecule has 1 N–H and O–H groups in total. The smallest absolute Gasteiger partial charge is 0.231 e. The molecule has 2 aromatic rings. The van der Waals surface area contributed by atoms with Crippen molar-refractivity contribution in [1.29, 1.82) is 0 Å². The molecule has 0 aromatic carbocycles. The molecule has 0 fully saturated rings. The Hall–Kier alpha value is -1.82. The highest BCUT2D eigenvalue weighted by Gasteiger charge is 2.11. The number of nitrogens with zero attached hydrogens (tertiary/aromatic N) is 3. The Kier molecular flexibility index (Phi) is 4.44. The molecule has 0 aliphatic carbocycles. The van der Waals surface area contributed by atoms with Crippen molar-refractivity contribution in [2.75, 3.05) is 5.32 Å². The van der Waals surface area contributed by atoms with Gasteiger partial charge < -0.3 is 5.32 Å². The maximum atomic E-state index is 12.0. The molecule has 6 heteroatoms. The standard InChI is InChI=1S/C14H18N4OS/c1-5-11-6-13(16-9(3)15-11)18-14(19)7-12-8(2)20-10(4)17-12/h6H,5,7H2,1-4H3,(H,15,16,18,19). The molecule has 0 aliphatic rings. The predicted octanol–water partition coefficient (Wildman–Crippen LogP) is 2.60. The van der Waals surface area contributed by atoms with Crippen LogP contribution in [0.15, 0.2) is 6.07 Å². The molecule has 2 heterocycles. The monoisotopic (exact) mass is 290 g/mol. The third-order valence-electron chi connectivity index (χ3n) is 2.85. The lowest BCUT2D eigenvalue weighted by molar-refractivity contribution is -0.115. The van der Waals surface area contributed by atoms with Crippen LogP contribution in [-0.2, 0) is 17.6 Å². The zero-order valence-corrected chi connectivity index (χ0v) is 13.0. The summed E-state index contributed by atoms with van der Waals surface area (Å²) < 4.78 is 0. The molecular weight excluding hydrogens is 272 g/mol. The van der Waals surface area contributed by atoms with Gasteiger partial charge in [0.05, 0.1) is 17.1 Å². The Bertz CT molecular complexity index is 636. The fourth-order valence-electron chi connectivity index (χ4n) is 1.95. The van der Waals surface area contributed by atoms with Crippen molar-refractivity contribution in [3.8, 4) is 0 Å². The maximum Gasteiger partial charge on any atom is 0.231 e. The number of anilines is 1. The molecule has 0 saturated carbocycles. The van der Waals surface area contributed by atoms with Crippen LogP contribution in [0.2, 0.25) is 0 Å². The van der Waals surface area contributed by atoms with Crippen LogP contribution < -0.4 is 5.32 Å². The maximum absolute atomic E-state index is 12.0. The SMILES string of the molecule is CCc1cc(NC(=O)Cc2nc(C)sc2C)nc(C)n1. The summed E-state index contributed by atoms with van der Waals surface area (Å²) >= 11 is 1.61. The Morgan fingerprint density at radius 2 is 2.00 bits per heavy atom. The van der Waals surface area contributed by atoms with Gasteiger partial charge in [-0.05, 0) is 27.2 Å². The number of aromatic nitrogens is 3. The Morgan fingerprint density at radius 3 is 2.60 bits per heavy atom. The topological polar surface area (TPSA) is 67.8 Å². The van der Waals surface area contributed by atoms with Crippen molar-refractivity contribution in [2.24, 2.45) is 0 Å². The van der Waals surface area contributed by atoms with Crippen LogP contribution in [0.3, 0.4) is 0 Å². The predicted molar refractivity (Wildman–Crippen MR) is 80.1 cm³/mol. The lowest BCUT2D eigenvalue weighted by Crippen LogP contribution is -2.17. The van der Waals surface area contributed by atoms with E-state index >= 15 is 0 Å². The molecule has 2 rings (SSSR count). The van der Waals surface area contributed by atoms with Gasteiger partial charge in [0, 0.05) is 16.6 Å². The van der Waals surface area contributed by atoms with Crippen molar-refractivity contribution in [1.82, 2.24) is 15.0 Å². The van der Waals surface area contributed by atoms with Crippen molar-refractivity contribution in [3.63, 3.8) is 0 Å². The fourth-order valence-corrected chi connectivity index (χ4v) is 2.78. The second-order valence-electron chi connectivity index (χ2n) is 4.61. The minimum absolute atomic E-state index is 0.0986. The Balaban J connectivity index is 2.08. The van der Waals surface area contributed by atoms with E-state index in [9.17, 15) is 4.79 Å². The zero-order chi connectivity index (χ0) is 14.7. The minimum Gasteiger partial charge on any atom is -0.310 e. The van der Waals surface area contributed by atoms with Gasteiger partial charge in [-0.1, -0.05) is 6.92 Å². The summed E-state index contributed by atoms with van der Waals surface area (Å²) in [7, 11) is 0. The first-order chi connectivity index (χ1) is 9.47. The van der Waals surface area contributed by atoms with E-state index in [4.69, 9.17) is 0 Å². The molecular formula is C14H18N4OS. The van der Waals surface area contributed by atoms with Crippen LogP contribution in [0.5, 0.6) is 0 Å². The third kappa shape index (κ3) is 3.60. The quantitative estimate of drug-likeness (QED) is 0.939. The molecule has 106 valence electrons. The molecule has 0 spiro atoms. The Labute approximate surface area is 122 Å². The van der Waals surface area contributed by atoms with Crippen molar-refractivity contribution in [3.05, 3.63) is 33.2 Å². The van der Waals surface area contributed by atoms with Crippen LogP contribution in [-0.4, -0.2) is 20.9 Å². The van der Waals surface area contributed by atoms with Gasteiger partial charge in [0.15, 0.2) is 0 Å². The number of carbonyl (C=O) groups excluding carboxylic acids is 1. The van der Waals surface area contributed by atoms with E-state index < -0.39 is 0 Å². The first-order valence-corrected chi connectivity index (χ1v) is 7.37. The van der Waals surface area contributed by atoms with Crippen LogP contribution in [0.25, 0.3) is 0 Å². The van der Waals surface area contributed by atoms with Crippen LogP contribution >= 0.6 is 11.3 Å². The number of hydrogen-bond acceptors (Lipinski definition) is 5. The van der Waals surface area contributed by atoms with Crippen molar-refractivity contribution >= 4 is 23.1 Å². The van der Waals surface area contributed by atoms with Crippen molar-refractivity contribution in [2.45, 2.75) is 40.5 Å². The van der Waals surface area contributed by atoms with Crippen molar-refractivity contribution < 1.29 is 4.79 Å². The van der Waals surface area contributed by atoms with E-state index in [1.165, 1.54) is 0 Å². The molecule has 0 unspecified atom stereocenters. The van der Waals surface area contributed by atoms with Crippen LogP contribution in [0.4, 0.5) is 5.82 Å². The molecule has 20 heavy (non-hydrogen) atoms. The van der Waals surface area contributed by atoms with Gasteiger partial charge in [-0.15, -0.1) is 11.3 Å². The number of aryl methyl sites for hydroxylation is 4. The second kappa shape index (κ2) is 6.09. The van der Waals surface area contributed by atoms with E-state index in [-0.39, 0.29) is 12.3 Å². The van der Waals surface area contributed by atoms with E-state index in [0.717, 1.165) is 27.7 Å². The van der Waals surface area contributed by atoms with Gasteiger partial charge in [-0.3, -0.25) is 4.79 Å². The van der Waals surface area contributed by atoms with E-state index in [1.807, 2.05) is 33.8 Å². The summed E-state index contributed by atoms with van der Waals surface area (Å²) in [5, 5.41) is 3.80. The average molecular weight is 290 g/mol. The summed E-state index contributed by atoms with van der Waals surface area (Å²) in [6.07, 6.45) is 1.09. The molecule has 0 atom stereocenters. The minimum atomic E-state index is -0.0986. The summed E-state index contributed by atoms with van der Waals surface area (Å²) in [5.41, 5.74) is 1.76. The van der Waals surface area contributed by atoms with E-state index in [1.54, 1.807) is 11.3 Å². The lowest BCUT2D eigenvalue weighted by Gasteiger charge is -2.06. The second-order valence-corrected chi connectivity index (χ2v) is 6.01. The normalized spacial score (nSPS) is 10.6. The van der Waals surface area contributed by atoms with Gasteiger partial charge in [0.2, 0.25) is 5.91 Å². The fraction of sp³-hybridized carbons (Fsp3) is 0.429. The van der Waals surface area contributed by atoms with Gasteiger partial charge in [-0.2, -0.15) is 0 Å². The number of rotatable bonds is 4. The zero-order valence-electron chi connectivity index (χ0n) is 12.1. The molecule has 0 bridgehead atoms. The summed E-state index contributed by atoms with van der Waals surface area (Å²) in [4.78, 5) is 26.0. The van der Waals surface area contributed by atoms with Gasteiger partial charge in [0.1, 0.15) is 11.6 Å². The van der Waals surface area contributed by atoms with E-state index in [0.29, 0.717) is 11.6 Å². The number of thiazole rings is 1. The summed E-state index contributed by atoms with van der Waals surface area (Å²) in [6.45, 7) is 7.77. The first kappa shape index (κ1) is 14.6. The van der Waals surface area contributed by atoms with Gasteiger partial charge in [0.25, 0.3) is 0 Å². The van der Waals surface area contributed by atoms with Gasteiger partial charge in [-0.25, -0.2) is 15.0 Å². The highest BCUT2D eigenvalue weighted by molar-refractivity contribution is 7.11. The number of hydrogen-bond donors (Lipinski definition) is 1. The number of carbonyl (C=O) groups is 1. The summed E-state index contributed by atoms with van der Waals surface area (Å²) in [5.74, 6) is 1.13. The lowest BCUT2D eigenvalue weighted by atomic mass is 10.2. The summed E-state index contributed by atoms with van der Waals surface area (Å²) in [6, 6.07) is 1.81. The average Bonchev–Trinajstić information content (AvgIpc) is 2.66. The highest BCUT2D eigenvalue weighted by atomic mass is 32.1. The largest absolute Gasteiger partial charge is 0.310 e. The van der Waals surface area contributed by atoms with Gasteiger partial charge >= 0.3 is 0 Å². The number of amides is 1. The molecule has 5 nitrogen and oxygen atoms in total.